The van der Waals surface area contributed by atoms with Crippen LogP contribution in [0.3, 0.4) is 0 Å². The van der Waals surface area contributed by atoms with Crippen molar-refractivity contribution in [3.05, 3.63) is 0 Å². The maximum absolute atomic E-state index is 12.1. The number of hydrogen-bond donors (Lipinski definition) is 1. The summed E-state index contributed by atoms with van der Waals surface area (Å²) in [5, 5.41) is 3.36. The highest BCUT2D eigenvalue weighted by Gasteiger charge is 2.30. The summed E-state index contributed by atoms with van der Waals surface area (Å²) in [6.45, 7) is 4.48. The summed E-state index contributed by atoms with van der Waals surface area (Å²) in [7, 11) is -2.83. The van der Waals surface area contributed by atoms with Crippen LogP contribution in [-0.2, 0) is 14.6 Å². The third-order valence-corrected chi connectivity index (χ3v) is 6.72. The number of amides is 1. The predicted molar refractivity (Wildman–Crippen MR) is 80.8 cm³/mol. The lowest BCUT2D eigenvalue weighted by atomic mass is 10.2. The molecule has 2 atom stereocenters. The molecular formula is C11H21ClN2O3S2. The molecule has 0 aliphatic carbocycles. The lowest BCUT2D eigenvalue weighted by molar-refractivity contribution is -0.131. The number of nitrogens with one attached hydrogen (secondary N) is 1. The summed E-state index contributed by atoms with van der Waals surface area (Å²) >= 11 is 1.50. The average molecular weight is 329 g/mol. The summed E-state index contributed by atoms with van der Waals surface area (Å²) in [6, 6.07) is 0.235. The van der Waals surface area contributed by atoms with E-state index in [1.165, 1.54) is 11.8 Å². The molecule has 0 spiro atoms. The van der Waals surface area contributed by atoms with Crippen LogP contribution in [0.4, 0.5) is 0 Å². The largest absolute Gasteiger partial charge is 0.337 e. The Kier molecular flexibility index (Phi) is 6.42. The van der Waals surface area contributed by atoms with E-state index in [4.69, 9.17) is 0 Å². The molecule has 0 radical (unpaired) electrons. The Balaban J connectivity index is 0.00000180. The molecule has 19 heavy (non-hydrogen) atoms. The van der Waals surface area contributed by atoms with Gasteiger partial charge in [-0.1, -0.05) is 0 Å². The van der Waals surface area contributed by atoms with E-state index in [-0.39, 0.29) is 41.1 Å². The zero-order valence-corrected chi connectivity index (χ0v) is 13.5. The molecule has 2 aliphatic heterocycles. The fraction of sp³-hybridized carbons (Fsp3) is 0.909. The van der Waals surface area contributed by atoms with E-state index in [1.807, 2.05) is 11.8 Å². The molecule has 0 aromatic carbocycles. The molecule has 0 aromatic rings. The second-order valence-electron chi connectivity index (χ2n) is 4.98. The molecule has 2 rings (SSSR count). The molecule has 112 valence electrons. The highest BCUT2D eigenvalue weighted by molar-refractivity contribution is 8.02. The van der Waals surface area contributed by atoms with Gasteiger partial charge in [-0.3, -0.25) is 4.79 Å². The third kappa shape index (κ3) is 4.81. The number of carbonyl (C=O) groups excluding carboxylic acids is 1. The number of thioether (sulfide) groups is 1. The molecule has 5 nitrogen and oxygen atoms in total. The van der Waals surface area contributed by atoms with Crippen molar-refractivity contribution in [2.75, 3.05) is 36.9 Å². The van der Waals surface area contributed by atoms with E-state index in [9.17, 15) is 13.2 Å². The molecular weight excluding hydrogens is 308 g/mol. The molecule has 0 aromatic heterocycles. The fourth-order valence-corrected chi connectivity index (χ4v) is 5.90. The second-order valence-corrected chi connectivity index (χ2v) is 8.49. The number of rotatable bonds is 3. The first-order chi connectivity index (χ1) is 8.48. The molecule has 0 saturated carbocycles. The monoisotopic (exact) mass is 328 g/mol. The van der Waals surface area contributed by atoms with Crippen molar-refractivity contribution >= 4 is 39.9 Å². The highest BCUT2D eigenvalue weighted by Crippen LogP contribution is 2.24. The number of hydrogen-bond acceptors (Lipinski definition) is 5. The molecule has 1 unspecified atom stereocenters. The predicted octanol–water partition coefficient (Wildman–Crippen LogP) is 0.149. The number of piperazine rings is 1. The zero-order chi connectivity index (χ0) is 13.2. The number of carbonyl (C=O) groups is 1. The van der Waals surface area contributed by atoms with Crippen LogP contribution in [-0.4, -0.2) is 67.4 Å². The van der Waals surface area contributed by atoms with Gasteiger partial charge in [0.05, 0.1) is 17.3 Å². The molecule has 2 aliphatic rings. The summed E-state index contributed by atoms with van der Waals surface area (Å²) < 4.78 is 22.6. The molecule has 1 N–H and O–H groups in total. The van der Waals surface area contributed by atoms with Gasteiger partial charge in [-0.15, -0.1) is 24.2 Å². The van der Waals surface area contributed by atoms with Gasteiger partial charge in [0, 0.05) is 30.9 Å². The van der Waals surface area contributed by atoms with E-state index < -0.39 is 9.84 Å². The van der Waals surface area contributed by atoms with Gasteiger partial charge in [-0.05, 0) is 13.3 Å². The Bertz CT molecular complexity index is 416. The minimum atomic E-state index is -2.83. The van der Waals surface area contributed by atoms with Gasteiger partial charge in [0.25, 0.3) is 0 Å². The lowest BCUT2D eigenvalue weighted by Crippen LogP contribution is -2.52. The van der Waals surface area contributed by atoms with Crippen molar-refractivity contribution in [2.45, 2.75) is 24.6 Å². The van der Waals surface area contributed by atoms with E-state index in [0.29, 0.717) is 12.2 Å². The first kappa shape index (κ1) is 17.1. The van der Waals surface area contributed by atoms with Crippen LogP contribution in [0.15, 0.2) is 0 Å². The van der Waals surface area contributed by atoms with Crippen LogP contribution in [0.1, 0.15) is 13.3 Å². The highest BCUT2D eigenvalue weighted by atomic mass is 35.5. The second kappa shape index (κ2) is 7.15. The van der Waals surface area contributed by atoms with Gasteiger partial charge in [-0.25, -0.2) is 8.42 Å². The van der Waals surface area contributed by atoms with E-state index in [2.05, 4.69) is 5.32 Å². The summed E-state index contributed by atoms with van der Waals surface area (Å²) in [6.07, 6.45) is 0.692. The van der Waals surface area contributed by atoms with Crippen LogP contribution in [0.2, 0.25) is 0 Å². The molecule has 2 heterocycles. The number of halogens is 1. The number of sulfone groups is 1. The Labute approximate surface area is 125 Å². The standard InChI is InChI=1S/C11H20N2O3S2.ClH/c1-9-6-12-3-4-13(9)11(14)7-17-10-2-5-18(15,16)8-10;/h9-10,12H,2-8H2,1H3;1H/t9-,10?;/m0./s1. The Morgan fingerprint density at radius 2 is 2.21 bits per heavy atom. The maximum atomic E-state index is 12.1. The minimum Gasteiger partial charge on any atom is -0.337 e. The molecule has 2 saturated heterocycles. The van der Waals surface area contributed by atoms with Gasteiger partial charge in [-0.2, -0.15) is 0 Å². The molecule has 0 bridgehead atoms. The van der Waals surface area contributed by atoms with Crippen molar-refractivity contribution < 1.29 is 13.2 Å². The van der Waals surface area contributed by atoms with Crippen LogP contribution in [0, 0.1) is 0 Å². The van der Waals surface area contributed by atoms with Gasteiger partial charge >= 0.3 is 0 Å². The van der Waals surface area contributed by atoms with Crippen LogP contribution in [0.25, 0.3) is 0 Å². The van der Waals surface area contributed by atoms with Crippen LogP contribution >= 0.6 is 24.2 Å². The fourth-order valence-electron chi connectivity index (χ4n) is 2.38. The Morgan fingerprint density at radius 1 is 1.47 bits per heavy atom. The summed E-state index contributed by atoms with van der Waals surface area (Å²) in [5.41, 5.74) is 0. The zero-order valence-electron chi connectivity index (χ0n) is 11.0. The lowest BCUT2D eigenvalue weighted by Gasteiger charge is -2.34. The summed E-state index contributed by atoms with van der Waals surface area (Å²) in [4.78, 5) is 14.0. The molecule has 8 heteroatoms. The van der Waals surface area contributed by atoms with Crippen molar-refractivity contribution in [3.8, 4) is 0 Å². The van der Waals surface area contributed by atoms with Gasteiger partial charge < -0.3 is 10.2 Å². The average Bonchev–Trinajstić information content (AvgIpc) is 2.66. The van der Waals surface area contributed by atoms with E-state index in [1.54, 1.807) is 0 Å². The van der Waals surface area contributed by atoms with Crippen LogP contribution in [0.5, 0.6) is 0 Å². The molecule has 2 fully saturated rings. The van der Waals surface area contributed by atoms with Crippen molar-refractivity contribution in [1.82, 2.24) is 10.2 Å². The quantitative estimate of drug-likeness (QED) is 0.799. The normalized spacial score (nSPS) is 29.8. The Morgan fingerprint density at radius 3 is 2.79 bits per heavy atom. The topological polar surface area (TPSA) is 66.5 Å². The minimum absolute atomic E-state index is 0. The van der Waals surface area contributed by atoms with Gasteiger partial charge in [0.2, 0.25) is 5.91 Å². The van der Waals surface area contributed by atoms with Gasteiger partial charge in [0.1, 0.15) is 0 Å². The SMILES string of the molecule is C[C@H]1CNCCN1C(=O)CSC1CCS(=O)(=O)C1.Cl. The first-order valence-electron chi connectivity index (χ1n) is 6.30. The van der Waals surface area contributed by atoms with E-state index >= 15 is 0 Å². The maximum Gasteiger partial charge on any atom is 0.232 e. The molecule has 1 amide bonds. The third-order valence-electron chi connectivity index (χ3n) is 3.45. The Hall–Kier alpha value is 0.0200. The number of nitrogens with zero attached hydrogens (tertiary/aromatic N) is 1. The van der Waals surface area contributed by atoms with Crippen molar-refractivity contribution in [2.24, 2.45) is 0 Å². The smallest absolute Gasteiger partial charge is 0.232 e. The summed E-state index contributed by atoms with van der Waals surface area (Å²) in [5.74, 6) is 1.06. The van der Waals surface area contributed by atoms with Crippen molar-refractivity contribution in [3.63, 3.8) is 0 Å². The van der Waals surface area contributed by atoms with Crippen molar-refractivity contribution in [1.29, 1.82) is 0 Å². The van der Waals surface area contributed by atoms with Gasteiger partial charge in [0.15, 0.2) is 9.84 Å². The van der Waals surface area contributed by atoms with E-state index in [0.717, 1.165) is 19.6 Å². The van der Waals surface area contributed by atoms with Crippen LogP contribution < -0.4 is 5.32 Å². The first-order valence-corrected chi connectivity index (χ1v) is 9.17.